The highest BCUT2D eigenvalue weighted by atomic mass is 16.6. The lowest BCUT2D eigenvalue weighted by Gasteiger charge is -2.42. The molecule has 31 heavy (non-hydrogen) atoms. The molecule has 0 radical (unpaired) electrons. The summed E-state index contributed by atoms with van der Waals surface area (Å²) in [4.78, 5) is 28.3. The number of amides is 1. The number of nitrogens with zero attached hydrogens (tertiary/aromatic N) is 3. The molecule has 1 amide bonds. The number of hydrogen-bond acceptors (Lipinski definition) is 7. The van der Waals surface area contributed by atoms with E-state index in [1.165, 1.54) is 13.5 Å². The number of anilines is 1. The standard InChI is InChI=1S/C23H37N3O5/c1-15(2)20(21(27)29-6)18-12-19(24-31-18)26-13-17(14-26)11-16-7-9-25(10-8-16)22(28)30-23(3,4)5/h12,15-17,20H,7-11,13-14H2,1-6H3. The molecule has 0 saturated carbocycles. The Labute approximate surface area is 185 Å². The fourth-order valence-electron chi connectivity index (χ4n) is 4.47. The van der Waals surface area contributed by atoms with Gasteiger partial charge in [0.15, 0.2) is 11.6 Å². The number of piperidine rings is 1. The van der Waals surface area contributed by atoms with E-state index in [4.69, 9.17) is 14.0 Å². The first-order valence-corrected chi connectivity index (χ1v) is 11.3. The summed E-state index contributed by atoms with van der Waals surface area (Å²) in [6.07, 6.45) is 3.02. The highest BCUT2D eigenvalue weighted by molar-refractivity contribution is 5.77. The summed E-state index contributed by atoms with van der Waals surface area (Å²) in [6.45, 7) is 13.1. The van der Waals surface area contributed by atoms with Crippen molar-refractivity contribution in [2.45, 2.75) is 65.4 Å². The number of carbonyl (C=O) groups is 2. The molecule has 174 valence electrons. The van der Waals surface area contributed by atoms with Crippen molar-refractivity contribution in [3.63, 3.8) is 0 Å². The molecule has 8 heteroatoms. The first kappa shape index (κ1) is 23.4. The lowest BCUT2D eigenvalue weighted by molar-refractivity contribution is -0.144. The highest BCUT2D eigenvalue weighted by Gasteiger charge is 2.35. The van der Waals surface area contributed by atoms with Gasteiger partial charge in [0, 0.05) is 32.2 Å². The van der Waals surface area contributed by atoms with Crippen molar-refractivity contribution in [2.75, 3.05) is 38.2 Å². The number of rotatable bonds is 6. The topological polar surface area (TPSA) is 85.1 Å². The third-order valence-electron chi connectivity index (χ3n) is 6.16. The van der Waals surface area contributed by atoms with Crippen LogP contribution in [0.4, 0.5) is 10.6 Å². The first-order valence-electron chi connectivity index (χ1n) is 11.3. The molecule has 1 atom stereocenters. The lowest BCUT2D eigenvalue weighted by atomic mass is 9.83. The van der Waals surface area contributed by atoms with Crippen LogP contribution in [0.3, 0.4) is 0 Å². The summed E-state index contributed by atoms with van der Waals surface area (Å²) in [6, 6.07) is 1.87. The van der Waals surface area contributed by atoms with E-state index in [1.54, 1.807) is 0 Å². The predicted octanol–water partition coefficient (Wildman–Crippen LogP) is 4.06. The van der Waals surface area contributed by atoms with Crippen molar-refractivity contribution in [1.82, 2.24) is 10.1 Å². The second-order valence-corrected chi connectivity index (χ2v) is 10.2. The van der Waals surface area contributed by atoms with Gasteiger partial charge in [0.05, 0.1) is 7.11 Å². The van der Waals surface area contributed by atoms with E-state index in [9.17, 15) is 9.59 Å². The average molecular weight is 436 g/mol. The summed E-state index contributed by atoms with van der Waals surface area (Å²) in [5.74, 6) is 1.97. The quantitative estimate of drug-likeness (QED) is 0.623. The van der Waals surface area contributed by atoms with Gasteiger partial charge >= 0.3 is 12.1 Å². The Morgan fingerprint density at radius 2 is 1.84 bits per heavy atom. The Morgan fingerprint density at radius 3 is 2.39 bits per heavy atom. The van der Waals surface area contributed by atoms with Gasteiger partial charge in [-0.2, -0.15) is 0 Å². The Hall–Kier alpha value is -2.25. The zero-order chi connectivity index (χ0) is 22.8. The van der Waals surface area contributed by atoms with Crippen LogP contribution >= 0.6 is 0 Å². The summed E-state index contributed by atoms with van der Waals surface area (Å²) in [5.41, 5.74) is -0.448. The highest BCUT2D eigenvalue weighted by Crippen LogP contribution is 2.34. The van der Waals surface area contributed by atoms with Gasteiger partial charge in [-0.3, -0.25) is 4.79 Å². The van der Waals surface area contributed by atoms with Crippen LogP contribution in [0, 0.1) is 17.8 Å². The largest absolute Gasteiger partial charge is 0.468 e. The number of carbonyl (C=O) groups excluding carboxylic acids is 2. The Balaban J connectivity index is 1.43. The smallest absolute Gasteiger partial charge is 0.410 e. The van der Waals surface area contributed by atoms with E-state index in [0.717, 1.165) is 44.8 Å². The van der Waals surface area contributed by atoms with Crippen molar-refractivity contribution >= 4 is 17.9 Å². The fraction of sp³-hybridized carbons (Fsp3) is 0.783. The van der Waals surface area contributed by atoms with Crippen molar-refractivity contribution in [2.24, 2.45) is 17.8 Å². The third-order valence-corrected chi connectivity index (χ3v) is 6.16. The van der Waals surface area contributed by atoms with Crippen LogP contribution in [0.2, 0.25) is 0 Å². The Bertz CT molecular complexity index is 756. The fourth-order valence-corrected chi connectivity index (χ4v) is 4.47. The molecule has 8 nitrogen and oxygen atoms in total. The summed E-state index contributed by atoms with van der Waals surface area (Å²) in [5, 5.41) is 4.18. The van der Waals surface area contributed by atoms with Crippen LogP contribution < -0.4 is 4.90 Å². The van der Waals surface area contributed by atoms with E-state index in [-0.39, 0.29) is 18.0 Å². The van der Waals surface area contributed by atoms with Gasteiger partial charge in [0.25, 0.3) is 0 Å². The lowest BCUT2D eigenvalue weighted by Crippen LogP contribution is -2.48. The minimum Gasteiger partial charge on any atom is -0.468 e. The summed E-state index contributed by atoms with van der Waals surface area (Å²) in [7, 11) is 1.40. The van der Waals surface area contributed by atoms with Crippen LogP contribution in [0.5, 0.6) is 0 Å². The average Bonchev–Trinajstić information content (AvgIpc) is 3.11. The third kappa shape index (κ3) is 5.92. The van der Waals surface area contributed by atoms with Crippen LogP contribution in [0.25, 0.3) is 0 Å². The molecular formula is C23H37N3O5. The van der Waals surface area contributed by atoms with Crippen molar-refractivity contribution in [3.05, 3.63) is 11.8 Å². The minimum atomic E-state index is -0.448. The maximum atomic E-state index is 12.2. The molecule has 2 saturated heterocycles. The number of hydrogen-bond donors (Lipinski definition) is 0. The molecule has 1 aromatic heterocycles. The number of aromatic nitrogens is 1. The number of likely N-dealkylation sites (tertiary alicyclic amines) is 1. The van der Waals surface area contributed by atoms with Crippen LogP contribution in [0.1, 0.15) is 65.6 Å². The molecule has 2 fully saturated rings. The molecule has 2 aliphatic heterocycles. The monoisotopic (exact) mass is 435 g/mol. The maximum absolute atomic E-state index is 12.2. The van der Waals surface area contributed by atoms with Gasteiger partial charge in [0.2, 0.25) is 0 Å². The van der Waals surface area contributed by atoms with Crippen molar-refractivity contribution < 1.29 is 23.6 Å². The number of esters is 1. The number of ether oxygens (including phenoxy) is 2. The van der Waals surface area contributed by atoms with Crippen LogP contribution in [-0.2, 0) is 14.3 Å². The van der Waals surface area contributed by atoms with Crippen LogP contribution in [-0.4, -0.2) is 61.0 Å². The molecule has 0 aromatic carbocycles. The van der Waals surface area contributed by atoms with E-state index < -0.39 is 11.5 Å². The van der Waals surface area contributed by atoms with E-state index in [2.05, 4.69) is 10.1 Å². The Kier molecular flexibility index (Phi) is 7.17. The van der Waals surface area contributed by atoms with Crippen LogP contribution in [0.15, 0.2) is 10.6 Å². The zero-order valence-corrected chi connectivity index (χ0v) is 19.7. The second-order valence-electron chi connectivity index (χ2n) is 10.2. The minimum absolute atomic E-state index is 0.0731. The molecule has 0 spiro atoms. The van der Waals surface area contributed by atoms with E-state index >= 15 is 0 Å². The van der Waals surface area contributed by atoms with Gasteiger partial charge in [-0.1, -0.05) is 19.0 Å². The van der Waals surface area contributed by atoms with E-state index in [1.807, 2.05) is 45.6 Å². The Morgan fingerprint density at radius 1 is 1.19 bits per heavy atom. The molecular weight excluding hydrogens is 398 g/mol. The van der Waals surface area contributed by atoms with Gasteiger partial charge in [-0.05, 0) is 57.8 Å². The molecule has 1 unspecified atom stereocenters. The van der Waals surface area contributed by atoms with Gasteiger partial charge in [-0.25, -0.2) is 4.79 Å². The normalized spacial score (nSPS) is 19.3. The van der Waals surface area contributed by atoms with Gasteiger partial charge in [0.1, 0.15) is 11.5 Å². The molecule has 0 aliphatic carbocycles. The summed E-state index contributed by atoms with van der Waals surface area (Å²) >= 11 is 0. The second kappa shape index (κ2) is 9.49. The van der Waals surface area contributed by atoms with Gasteiger partial charge < -0.3 is 23.8 Å². The SMILES string of the molecule is COC(=O)C(c1cc(N2CC(CC3CCN(C(=O)OC(C)(C)C)CC3)C2)no1)C(C)C. The van der Waals surface area contributed by atoms with Crippen molar-refractivity contribution in [3.8, 4) is 0 Å². The van der Waals surface area contributed by atoms with E-state index in [0.29, 0.717) is 17.6 Å². The molecule has 0 bridgehead atoms. The first-order chi connectivity index (χ1) is 14.6. The predicted molar refractivity (Wildman–Crippen MR) is 117 cm³/mol. The maximum Gasteiger partial charge on any atom is 0.410 e. The molecule has 0 N–H and O–H groups in total. The van der Waals surface area contributed by atoms with Crippen molar-refractivity contribution in [1.29, 1.82) is 0 Å². The number of methoxy groups -OCH3 is 1. The molecule has 1 aromatic rings. The summed E-state index contributed by atoms with van der Waals surface area (Å²) < 4.78 is 15.9. The molecule has 3 rings (SSSR count). The zero-order valence-electron chi connectivity index (χ0n) is 19.7. The van der Waals surface area contributed by atoms with Gasteiger partial charge in [-0.15, -0.1) is 0 Å². The molecule has 2 aliphatic rings. The molecule has 3 heterocycles.